The third kappa shape index (κ3) is 6.45. The number of fused-ring (bicyclic) bond motifs is 1. The highest BCUT2D eigenvalue weighted by Gasteiger charge is 2.32. The van der Waals surface area contributed by atoms with E-state index in [0.717, 1.165) is 22.4 Å². The van der Waals surface area contributed by atoms with E-state index in [2.05, 4.69) is 40.4 Å². The highest BCUT2D eigenvalue weighted by Crippen LogP contribution is 2.48. The van der Waals surface area contributed by atoms with E-state index >= 15 is 0 Å². The van der Waals surface area contributed by atoms with Gasteiger partial charge in [0.2, 0.25) is 0 Å². The molecule has 7 heteroatoms. The first-order valence-corrected chi connectivity index (χ1v) is 12.9. The van der Waals surface area contributed by atoms with Gasteiger partial charge in [0.05, 0.1) is 22.9 Å². The molecule has 0 fully saturated rings. The minimum Gasteiger partial charge on any atom is -0.344 e. The van der Waals surface area contributed by atoms with Gasteiger partial charge in [-0.2, -0.15) is 0 Å². The Morgan fingerprint density at radius 1 is 1.06 bits per heavy atom. The number of pyridine rings is 1. The molecule has 4 rings (SSSR count). The largest absolute Gasteiger partial charge is 0.344 e. The van der Waals surface area contributed by atoms with Gasteiger partial charge in [-0.15, -0.1) is 0 Å². The number of hydrogen-bond donors (Lipinski definition) is 0. The number of allylic oxidation sites excluding steroid dienone is 2. The van der Waals surface area contributed by atoms with Gasteiger partial charge >= 0.3 is 8.60 Å². The number of aromatic nitrogens is 1. The van der Waals surface area contributed by atoms with Crippen molar-refractivity contribution in [3.63, 3.8) is 0 Å². The van der Waals surface area contributed by atoms with Gasteiger partial charge in [-0.05, 0) is 95.5 Å². The van der Waals surface area contributed by atoms with Gasteiger partial charge in [0.1, 0.15) is 12.5 Å². The Labute approximate surface area is 209 Å². The topological polar surface area (TPSA) is 43.8 Å². The highest BCUT2D eigenvalue weighted by molar-refractivity contribution is 7.41. The lowest BCUT2D eigenvalue weighted by Gasteiger charge is -2.41. The van der Waals surface area contributed by atoms with Crippen molar-refractivity contribution >= 4 is 14.2 Å². The van der Waals surface area contributed by atoms with E-state index in [9.17, 15) is 4.39 Å². The van der Waals surface area contributed by atoms with Crippen LogP contribution in [0.3, 0.4) is 0 Å². The molecule has 5 nitrogen and oxygen atoms in total. The number of halogens is 1. The van der Waals surface area contributed by atoms with Crippen molar-refractivity contribution < 1.29 is 18.0 Å². The van der Waals surface area contributed by atoms with Crippen molar-refractivity contribution in [2.75, 3.05) is 6.73 Å². The van der Waals surface area contributed by atoms with Gasteiger partial charge in [-0.25, -0.2) is 4.39 Å². The van der Waals surface area contributed by atoms with Gasteiger partial charge in [0.15, 0.2) is 0 Å². The van der Waals surface area contributed by atoms with Crippen LogP contribution in [0.5, 0.6) is 0 Å². The first-order chi connectivity index (χ1) is 16.4. The van der Waals surface area contributed by atoms with Crippen LogP contribution in [0.4, 0.5) is 4.39 Å². The lowest BCUT2D eigenvalue weighted by atomic mass is 9.88. The van der Waals surface area contributed by atoms with Crippen molar-refractivity contribution in [2.24, 2.45) is 0 Å². The van der Waals surface area contributed by atoms with Crippen molar-refractivity contribution in [3.8, 4) is 11.3 Å². The van der Waals surface area contributed by atoms with Crippen LogP contribution >= 0.6 is 8.60 Å². The molecule has 0 saturated heterocycles. The Balaban J connectivity index is 1.48. The van der Waals surface area contributed by atoms with Crippen LogP contribution in [0.25, 0.3) is 16.8 Å². The molecule has 1 aromatic carbocycles. The maximum atomic E-state index is 13.8. The summed E-state index contributed by atoms with van der Waals surface area (Å²) in [6, 6.07) is 9.25. The minimum atomic E-state index is -1.49. The van der Waals surface area contributed by atoms with E-state index in [4.69, 9.17) is 13.6 Å². The summed E-state index contributed by atoms with van der Waals surface area (Å²) in [4.78, 5) is 6.73. The fraction of sp³-hybridized carbons (Fsp3) is 0.393. The smallest absolute Gasteiger partial charge is 0.335 e. The zero-order chi connectivity index (χ0) is 25.4. The molecule has 2 heterocycles. The third-order valence-corrected chi connectivity index (χ3v) is 7.07. The van der Waals surface area contributed by atoms with E-state index < -0.39 is 8.60 Å². The summed E-state index contributed by atoms with van der Waals surface area (Å²) in [7, 11) is -1.49. The van der Waals surface area contributed by atoms with Crippen LogP contribution in [0.15, 0.2) is 66.5 Å². The SMILES string of the molecule is Cc1cc(-c2ncccc2C2=CC3=CN(COP(OC(C)(C)C)OC(C)(C)C)C3C=C2)ccc1F. The van der Waals surface area contributed by atoms with Crippen molar-refractivity contribution in [1.82, 2.24) is 9.88 Å². The van der Waals surface area contributed by atoms with E-state index in [1.165, 1.54) is 11.6 Å². The van der Waals surface area contributed by atoms with Crippen LogP contribution in [-0.4, -0.2) is 33.9 Å². The Hall–Kier alpha value is -2.37. The predicted molar refractivity (Wildman–Crippen MR) is 140 cm³/mol. The van der Waals surface area contributed by atoms with Gasteiger partial charge in [-0.3, -0.25) is 9.51 Å². The molecule has 1 aromatic heterocycles. The highest BCUT2D eigenvalue weighted by atomic mass is 31.2. The Morgan fingerprint density at radius 3 is 2.40 bits per heavy atom. The van der Waals surface area contributed by atoms with Gasteiger partial charge in [-0.1, -0.05) is 18.2 Å². The van der Waals surface area contributed by atoms with Gasteiger partial charge < -0.3 is 13.9 Å². The summed E-state index contributed by atoms with van der Waals surface area (Å²) in [6.07, 6.45) is 10.3. The Bertz CT molecular complexity index is 1160. The molecule has 2 aromatic rings. The first-order valence-electron chi connectivity index (χ1n) is 11.8. The molecule has 35 heavy (non-hydrogen) atoms. The van der Waals surface area contributed by atoms with Gasteiger partial charge in [0.25, 0.3) is 0 Å². The second-order valence-electron chi connectivity index (χ2n) is 10.8. The summed E-state index contributed by atoms with van der Waals surface area (Å²) in [5, 5.41) is 0. The normalized spacial score (nSPS) is 17.7. The van der Waals surface area contributed by atoms with Crippen LogP contribution in [0.1, 0.15) is 52.7 Å². The number of benzene rings is 1. The van der Waals surface area contributed by atoms with Crippen LogP contribution in [-0.2, 0) is 13.6 Å². The monoisotopic (exact) mass is 496 g/mol. The second kappa shape index (κ2) is 9.94. The standard InChI is InChI=1S/C28H34FN2O3P/c1-19-15-21(10-12-24(19)29)26-23(9-8-14-30-26)20-11-13-25-22(16-20)17-31(25)18-32-35(33-27(2,3)4)34-28(5,6)7/h8-17,25H,18H2,1-7H3. The maximum Gasteiger partial charge on any atom is 0.335 e. The summed E-state index contributed by atoms with van der Waals surface area (Å²) in [5.74, 6) is -0.211. The molecule has 0 amide bonds. The summed E-state index contributed by atoms with van der Waals surface area (Å²) in [5.41, 5.74) is 4.93. The number of hydrogen-bond acceptors (Lipinski definition) is 5. The Kier molecular flexibility index (Phi) is 7.31. The number of rotatable bonds is 7. The quantitative estimate of drug-likeness (QED) is 0.370. The molecule has 1 aliphatic heterocycles. The molecular formula is C28H34FN2O3P. The molecule has 1 aliphatic carbocycles. The molecule has 0 bridgehead atoms. The predicted octanol–water partition coefficient (Wildman–Crippen LogP) is 7.55. The lowest BCUT2D eigenvalue weighted by Crippen LogP contribution is -2.41. The van der Waals surface area contributed by atoms with Crippen LogP contribution in [0.2, 0.25) is 0 Å². The first kappa shape index (κ1) is 25.7. The average Bonchev–Trinajstić information content (AvgIpc) is 2.74. The molecule has 1 atom stereocenters. The average molecular weight is 497 g/mol. The summed E-state index contributed by atoms with van der Waals surface area (Å²) >= 11 is 0. The lowest BCUT2D eigenvalue weighted by molar-refractivity contribution is 0.0154. The summed E-state index contributed by atoms with van der Waals surface area (Å²) < 4.78 is 31.9. The fourth-order valence-corrected chi connectivity index (χ4v) is 5.07. The zero-order valence-electron chi connectivity index (χ0n) is 21.5. The van der Waals surface area contributed by atoms with Crippen molar-refractivity contribution in [2.45, 2.75) is 65.7 Å². The maximum absolute atomic E-state index is 13.8. The van der Waals surface area contributed by atoms with E-state index in [1.807, 2.05) is 53.7 Å². The van der Waals surface area contributed by atoms with E-state index in [0.29, 0.717) is 12.3 Å². The van der Waals surface area contributed by atoms with Gasteiger partial charge in [0, 0.05) is 23.5 Å². The van der Waals surface area contributed by atoms with Crippen LogP contribution < -0.4 is 0 Å². The molecule has 0 N–H and O–H groups in total. The van der Waals surface area contributed by atoms with E-state index in [1.54, 1.807) is 19.2 Å². The van der Waals surface area contributed by atoms with E-state index in [-0.39, 0.29) is 23.1 Å². The number of nitrogens with zero attached hydrogens (tertiary/aromatic N) is 2. The Morgan fingerprint density at radius 2 is 1.77 bits per heavy atom. The zero-order valence-corrected chi connectivity index (χ0v) is 22.4. The fourth-order valence-electron chi connectivity index (χ4n) is 3.80. The molecule has 0 saturated carbocycles. The number of aryl methyl sites for hydroxylation is 1. The van der Waals surface area contributed by atoms with Crippen molar-refractivity contribution in [3.05, 3.63) is 83.5 Å². The molecule has 0 spiro atoms. The molecule has 1 unspecified atom stereocenters. The molecule has 0 radical (unpaired) electrons. The molecular weight excluding hydrogens is 462 g/mol. The van der Waals surface area contributed by atoms with Crippen molar-refractivity contribution in [1.29, 1.82) is 0 Å². The van der Waals surface area contributed by atoms with Crippen LogP contribution in [0, 0.1) is 12.7 Å². The summed E-state index contributed by atoms with van der Waals surface area (Å²) in [6.45, 7) is 14.1. The molecule has 2 aliphatic rings. The second-order valence-corrected chi connectivity index (χ2v) is 11.9. The minimum absolute atomic E-state index is 0.146. The molecule has 186 valence electrons. The third-order valence-electron chi connectivity index (χ3n) is 5.35.